The Morgan fingerprint density at radius 2 is 2.05 bits per heavy atom. The van der Waals surface area contributed by atoms with Gasteiger partial charge in [0, 0.05) is 30.6 Å². The summed E-state index contributed by atoms with van der Waals surface area (Å²) in [6.45, 7) is 0.482. The standard InChI is InChI=1S/C15H14N6O/c1-16-15(22)13-4-2-3-11(9-13)10-21-14(18-19-20-21)12-5-7-17-8-6-12/h2-9H,10H2,1H3,(H,16,22). The minimum Gasteiger partial charge on any atom is -0.355 e. The zero-order valence-corrected chi connectivity index (χ0v) is 12.0. The molecule has 2 aromatic heterocycles. The maximum absolute atomic E-state index is 11.7. The van der Waals surface area contributed by atoms with E-state index in [2.05, 4.69) is 25.8 Å². The molecule has 22 heavy (non-hydrogen) atoms. The highest BCUT2D eigenvalue weighted by Gasteiger charge is 2.10. The summed E-state index contributed by atoms with van der Waals surface area (Å²) in [5.41, 5.74) is 2.45. The lowest BCUT2D eigenvalue weighted by Gasteiger charge is -2.06. The molecule has 0 aliphatic rings. The van der Waals surface area contributed by atoms with Crippen LogP contribution >= 0.6 is 0 Å². The molecule has 0 unspecified atom stereocenters. The van der Waals surface area contributed by atoms with Gasteiger partial charge in [-0.3, -0.25) is 9.78 Å². The number of hydrogen-bond acceptors (Lipinski definition) is 5. The van der Waals surface area contributed by atoms with Crippen LogP contribution in [-0.2, 0) is 6.54 Å². The molecule has 0 bridgehead atoms. The van der Waals surface area contributed by atoms with Crippen LogP contribution in [0.4, 0.5) is 0 Å². The van der Waals surface area contributed by atoms with Crippen molar-refractivity contribution in [3.63, 3.8) is 0 Å². The van der Waals surface area contributed by atoms with Gasteiger partial charge in [0.05, 0.1) is 6.54 Å². The Bertz CT molecular complexity index is 783. The first-order chi connectivity index (χ1) is 10.8. The van der Waals surface area contributed by atoms with Crippen LogP contribution in [0, 0.1) is 0 Å². The number of pyridine rings is 1. The quantitative estimate of drug-likeness (QED) is 0.780. The van der Waals surface area contributed by atoms with Crippen molar-refractivity contribution in [3.8, 4) is 11.4 Å². The minimum absolute atomic E-state index is 0.118. The SMILES string of the molecule is CNC(=O)c1cccc(Cn2nnnc2-c2ccncc2)c1. The second-order valence-corrected chi connectivity index (χ2v) is 4.68. The molecular weight excluding hydrogens is 280 g/mol. The molecule has 110 valence electrons. The van der Waals surface area contributed by atoms with Crippen LogP contribution in [0.25, 0.3) is 11.4 Å². The molecule has 0 saturated carbocycles. The topological polar surface area (TPSA) is 85.6 Å². The molecule has 7 heteroatoms. The Kier molecular flexibility index (Phi) is 3.86. The van der Waals surface area contributed by atoms with E-state index in [0.29, 0.717) is 17.9 Å². The van der Waals surface area contributed by atoms with Crippen LogP contribution in [0.3, 0.4) is 0 Å². The number of carbonyl (C=O) groups is 1. The fourth-order valence-electron chi connectivity index (χ4n) is 2.15. The molecule has 0 saturated heterocycles. The van der Waals surface area contributed by atoms with Gasteiger partial charge in [-0.2, -0.15) is 0 Å². The molecule has 1 amide bonds. The van der Waals surface area contributed by atoms with E-state index >= 15 is 0 Å². The predicted molar refractivity (Wildman–Crippen MR) is 80.0 cm³/mol. The van der Waals surface area contributed by atoms with Crippen LogP contribution in [0.1, 0.15) is 15.9 Å². The molecule has 0 aliphatic carbocycles. The van der Waals surface area contributed by atoms with Gasteiger partial charge in [-0.1, -0.05) is 12.1 Å². The van der Waals surface area contributed by atoms with Crippen LogP contribution in [0.2, 0.25) is 0 Å². The number of rotatable bonds is 4. The Labute approximate surface area is 127 Å². The van der Waals surface area contributed by atoms with E-state index in [9.17, 15) is 4.79 Å². The molecule has 3 rings (SSSR count). The Morgan fingerprint density at radius 1 is 1.23 bits per heavy atom. The Balaban J connectivity index is 1.89. The Morgan fingerprint density at radius 3 is 2.82 bits per heavy atom. The summed E-state index contributed by atoms with van der Waals surface area (Å²) in [6.07, 6.45) is 3.39. The van der Waals surface area contributed by atoms with E-state index in [4.69, 9.17) is 0 Å². The zero-order valence-electron chi connectivity index (χ0n) is 12.0. The van der Waals surface area contributed by atoms with Gasteiger partial charge in [0.15, 0.2) is 5.82 Å². The number of carbonyl (C=O) groups excluding carboxylic acids is 1. The van der Waals surface area contributed by atoms with Crippen molar-refractivity contribution < 1.29 is 4.79 Å². The number of amides is 1. The summed E-state index contributed by atoms with van der Waals surface area (Å²) < 4.78 is 1.69. The summed E-state index contributed by atoms with van der Waals surface area (Å²) in [7, 11) is 1.61. The largest absolute Gasteiger partial charge is 0.355 e. The van der Waals surface area contributed by atoms with E-state index in [1.807, 2.05) is 30.3 Å². The monoisotopic (exact) mass is 294 g/mol. The third kappa shape index (κ3) is 2.83. The van der Waals surface area contributed by atoms with E-state index in [0.717, 1.165) is 11.1 Å². The van der Waals surface area contributed by atoms with E-state index in [1.54, 1.807) is 30.2 Å². The van der Waals surface area contributed by atoms with Crippen molar-refractivity contribution in [2.45, 2.75) is 6.54 Å². The number of nitrogens with one attached hydrogen (secondary N) is 1. The molecule has 3 aromatic rings. The first kappa shape index (κ1) is 13.9. The summed E-state index contributed by atoms with van der Waals surface area (Å²) >= 11 is 0. The number of hydrogen-bond donors (Lipinski definition) is 1. The van der Waals surface area contributed by atoms with Gasteiger partial charge in [0.25, 0.3) is 5.91 Å². The fourth-order valence-corrected chi connectivity index (χ4v) is 2.15. The minimum atomic E-state index is -0.118. The number of nitrogens with zero attached hydrogens (tertiary/aromatic N) is 5. The van der Waals surface area contributed by atoms with Crippen molar-refractivity contribution in [1.29, 1.82) is 0 Å². The molecule has 0 aliphatic heterocycles. The van der Waals surface area contributed by atoms with Crippen molar-refractivity contribution >= 4 is 5.91 Å². The van der Waals surface area contributed by atoms with Crippen molar-refractivity contribution in [2.24, 2.45) is 0 Å². The van der Waals surface area contributed by atoms with Gasteiger partial charge in [0.2, 0.25) is 0 Å². The average Bonchev–Trinajstić information content (AvgIpc) is 3.03. The smallest absolute Gasteiger partial charge is 0.251 e. The summed E-state index contributed by atoms with van der Waals surface area (Å²) in [4.78, 5) is 15.7. The molecule has 0 spiro atoms. The van der Waals surface area contributed by atoms with Gasteiger partial charge >= 0.3 is 0 Å². The van der Waals surface area contributed by atoms with Crippen LogP contribution in [0.5, 0.6) is 0 Å². The third-order valence-corrected chi connectivity index (χ3v) is 3.22. The molecule has 0 radical (unpaired) electrons. The molecule has 0 fully saturated rings. The summed E-state index contributed by atoms with van der Waals surface area (Å²) in [6, 6.07) is 11.1. The highest BCUT2D eigenvalue weighted by atomic mass is 16.1. The fraction of sp³-hybridized carbons (Fsp3) is 0.133. The van der Waals surface area contributed by atoms with Gasteiger partial charge in [-0.25, -0.2) is 4.68 Å². The van der Waals surface area contributed by atoms with E-state index in [-0.39, 0.29) is 5.91 Å². The lowest BCUT2D eigenvalue weighted by molar-refractivity contribution is 0.0963. The third-order valence-electron chi connectivity index (χ3n) is 3.22. The highest BCUT2D eigenvalue weighted by molar-refractivity contribution is 5.94. The molecular formula is C15H14N6O. The maximum atomic E-state index is 11.7. The lowest BCUT2D eigenvalue weighted by atomic mass is 10.1. The molecule has 1 N–H and O–H groups in total. The molecule has 0 atom stereocenters. The molecule has 2 heterocycles. The molecule has 1 aromatic carbocycles. The first-order valence-electron chi connectivity index (χ1n) is 6.75. The van der Waals surface area contributed by atoms with Crippen LogP contribution in [-0.4, -0.2) is 38.1 Å². The number of aromatic nitrogens is 5. The van der Waals surface area contributed by atoms with Crippen LogP contribution < -0.4 is 5.32 Å². The zero-order chi connectivity index (χ0) is 15.4. The second-order valence-electron chi connectivity index (χ2n) is 4.68. The molecule has 7 nitrogen and oxygen atoms in total. The maximum Gasteiger partial charge on any atom is 0.251 e. The van der Waals surface area contributed by atoms with Crippen LogP contribution in [0.15, 0.2) is 48.8 Å². The van der Waals surface area contributed by atoms with Gasteiger partial charge in [0.1, 0.15) is 0 Å². The Hall–Kier alpha value is -3.09. The average molecular weight is 294 g/mol. The summed E-state index contributed by atoms with van der Waals surface area (Å²) in [5, 5.41) is 14.4. The lowest BCUT2D eigenvalue weighted by Crippen LogP contribution is -2.18. The number of benzene rings is 1. The van der Waals surface area contributed by atoms with Gasteiger partial charge in [-0.15, -0.1) is 5.10 Å². The second kappa shape index (κ2) is 6.13. The number of tetrazole rings is 1. The van der Waals surface area contributed by atoms with Gasteiger partial charge < -0.3 is 5.32 Å². The normalized spacial score (nSPS) is 10.4. The highest BCUT2D eigenvalue weighted by Crippen LogP contribution is 2.15. The summed E-state index contributed by atoms with van der Waals surface area (Å²) in [5.74, 6) is 0.542. The predicted octanol–water partition coefficient (Wildman–Crippen LogP) is 1.14. The van der Waals surface area contributed by atoms with Crippen molar-refractivity contribution in [3.05, 3.63) is 59.9 Å². The van der Waals surface area contributed by atoms with E-state index in [1.165, 1.54) is 0 Å². The van der Waals surface area contributed by atoms with Crippen molar-refractivity contribution in [2.75, 3.05) is 7.05 Å². The first-order valence-corrected chi connectivity index (χ1v) is 6.75. The van der Waals surface area contributed by atoms with E-state index < -0.39 is 0 Å². The van der Waals surface area contributed by atoms with Gasteiger partial charge in [-0.05, 0) is 40.3 Å². The van der Waals surface area contributed by atoms with Crippen molar-refractivity contribution in [1.82, 2.24) is 30.5 Å².